The Morgan fingerprint density at radius 1 is 1.03 bits per heavy atom. The Morgan fingerprint density at radius 3 is 2.30 bits per heavy atom. The highest BCUT2D eigenvalue weighted by Gasteiger charge is 2.40. The molecule has 190 valence electrons. The van der Waals surface area contributed by atoms with Gasteiger partial charge in [0.1, 0.15) is 30.9 Å². The van der Waals surface area contributed by atoms with Crippen molar-refractivity contribution in [2.24, 2.45) is 0 Å². The van der Waals surface area contributed by atoms with Crippen LogP contribution >= 0.6 is 0 Å². The Kier molecular flexibility index (Phi) is 6.49. The summed E-state index contributed by atoms with van der Waals surface area (Å²) in [5.41, 5.74) is 8.53. The highest BCUT2D eigenvalue weighted by atomic mass is 16.6. The number of ether oxygens (including phenoxy) is 3. The van der Waals surface area contributed by atoms with Crippen LogP contribution in [-0.4, -0.2) is 45.3 Å². The normalized spacial score (nSPS) is 19.1. The van der Waals surface area contributed by atoms with E-state index in [9.17, 15) is 14.4 Å². The van der Waals surface area contributed by atoms with Gasteiger partial charge in [-0.15, -0.1) is 0 Å². The predicted octanol–water partition coefficient (Wildman–Crippen LogP) is 3.29. The van der Waals surface area contributed by atoms with Crippen LogP contribution in [0.15, 0.2) is 65.6 Å². The number of aromatic amines is 1. The van der Waals surface area contributed by atoms with Crippen LogP contribution in [-0.2, 0) is 14.2 Å². The summed E-state index contributed by atoms with van der Waals surface area (Å²) in [6.07, 6.45) is -0.147. The molecular weight excluding hydrogens is 476 g/mol. The number of nitrogen functional groups attached to an aromatic ring is 1. The van der Waals surface area contributed by atoms with Gasteiger partial charge in [0.05, 0.1) is 16.5 Å². The van der Waals surface area contributed by atoms with Gasteiger partial charge in [0, 0.05) is 12.6 Å². The quantitative estimate of drug-likeness (QED) is 0.383. The molecule has 3 N–H and O–H groups in total. The number of anilines is 1. The summed E-state index contributed by atoms with van der Waals surface area (Å²) in [5.74, 6) is -0.832. The van der Waals surface area contributed by atoms with Gasteiger partial charge in [0.25, 0.3) is 0 Å². The van der Waals surface area contributed by atoms with E-state index in [2.05, 4.69) is 9.97 Å². The number of fused-ring (bicyclic) bond motifs is 1. The number of aryl methyl sites for hydroxylation is 2. The number of carbonyl (C=O) groups is 2. The molecule has 2 aromatic carbocycles. The minimum atomic E-state index is -0.745. The largest absolute Gasteiger partial charge is 0.459 e. The van der Waals surface area contributed by atoms with E-state index in [1.54, 1.807) is 41.1 Å². The van der Waals surface area contributed by atoms with Crippen LogP contribution in [0, 0.1) is 13.8 Å². The molecule has 1 fully saturated rings. The van der Waals surface area contributed by atoms with Crippen LogP contribution in [0.3, 0.4) is 0 Å². The Morgan fingerprint density at radius 2 is 1.65 bits per heavy atom. The number of nitrogens with zero attached hydrogens (tertiary/aromatic N) is 2. The van der Waals surface area contributed by atoms with Crippen molar-refractivity contribution in [1.82, 2.24) is 14.5 Å². The van der Waals surface area contributed by atoms with Crippen molar-refractivity contribution in [1.29, 1.82) is 0 Å². The first-order valence-corrected chi connectivity index (χ1v) is 11.8. The molecule has 1 saturated heterocycles. The predicted molar refractivity (Wildman–Crippen MR) is 135 cm³/mol. The number of rotatable bonds is 6. The summed E-state index contributed by atoms with van der Waals surface area (Å²) in [6.45, 7) is 3.72. The van der Waals surface area contributed by atoms with Gasteiger partial charge in [-0.05, 0) is 44.2 Å². The van der Waals surface area contributed by atoms with E-state index in [-0.39, 0.29) is 18.8 Å². The van der Waals surface area contributed by atoms with E-state index in [0.29, 0.717) is 22.2 Å². The monoisotopic (exact) mass is 502 g/mol. The molecule has 0 saturated carbocycles. The molecule has 1 aliphatic heterocycles. The molecule has 10 heteroatoms. The van der Waals surface area contributed by atoms with Crippen molar-refractivity contribution in [3.63, 3.8) is 0 Å². The lowest BCUT2D eigenvalue weighted by Gasteiger charge is -2.19. The molecule has 37 heavy (non-hydrogen) atoms. The molecule has 4 aromatic rings. The molecule has 0 radical (unpaired) electrons. The maximum atomic E-state index is 12.9. The number of benzene rings is 2. The first kappa shape index (κ1) is 24.3. The number of aromatic nitrogens is 3. The fourth-order valence-corrected chi connectivity index (χ4v) is 4.28. The molecule has 3 atom stereocenters. The summed E-state index contributed by atoms with van der Waals surface area (Å²) in [4.78, 5) is 43.9. The number of nitrogens with two attached hydrogens (primary N) is 1. The zero-order valence-corrected chi connectivity index (χ0v) is 20.3. The Balaban J connectivity index is 1.38. The third-order valence-electron chi connectivity index (χ3n) is 6.33. The lowest BCUT2D eigenvalue weighted by atomic mass is 10.1. The highest BCUT2D eigenvalue weighted by molar-refractivity contribution is 5.90. The zero-order valence-electron chi connectivity index (χ0n) is 20.3. The van der Waals surface area contributed by atoms with Gasteiger partial charge in [-0.3, -0.25) is 4.98 Å². The molecule has 0 amide bonds. The van der Waals surface area contributed by atoms with Gasteiger partial charge in [0.2, 0.25) is 0 Å². The van der Waals surface area contributed by atoms with E-state index in [1.807, 2.05) is 38.1 Å². The lowest BCUT2D eigenvalue weighted by Crippen LogP contribution is -2.32. The van der Waals surface area contributed by atoms with Crippen molar-refractivity contribution in [2.45, 2.75) is 38.7 Å². The summed E-state index contributed by atoms with van der Waals surface area (Å²) in [6, 6.07) is 15.8. The van der Waals surface area contributed by atoms with Gasteiger partial charge in [-0.25, -0.2) is 14.4 Å². The van der Waals surface area contributed by atoms with Crippen LogP contribution in [0.5, 0.6) is 0 Å². The van der Waals surface area contributed by atoms with Gasteiger partial charge in [-0.1, -0.05) is 35.4 Å². The minimum Gasteiger partial charge on any atom is -0.459 e. The molecule has 0 aliphatic carbocycles. The molecule has 5 rings (SSSR count). The highest BCUT2D eigenvalue weighted by Crippen LogP contribution is 2.34. The van der Waals surface area contributed by atoms with Gasteiger partial charge >= 0.3 is 17.6 Å². The second-order valence-electron chi connectivity index (χ2n) is 9.06. The molecule has 3 heterocycles. The number of H-pyrrole nitrogens is 1. The molecule has 0 spiro atoms. The van der Waals surface area contributed by atoms with E-state index in [4.69, 9.17) is 19.9 Å². The summed E-state index contributed by atoms with van der Waals surface area (Å²) in [7, 11) is 0. The lowest BCUT2D eigenvalue weighted by molar-refractivity contribution is -0.0562. The Hall–Kier alpha value is -4.44. The SMILES string of the molecule is Cc1ccc(C(=O)OC[C@H]2O[C@@H](n3ccc4c(N)[nH]c(=O)nc43)C[C@@H]2OC(=O)c2ccc(C)cc2)cc1. The second kappa shape index (κ2) is 9.90. The maximum absolute atomic E-state index is 12.9. The molecular formula is C27H26N4O6. The first-order chi connectivity index (χ1) is 17.8. The van der Waals surface area contributed by atoms with Crippen molar-refractivity contribution in [3.8, 4) is 0 Å². The number of nitrogens with one attached hydrogen (secondary N) is 1. The topological polar surface area (TPSA) is 139 Å². The van der Waals surface area contributed by atoms with Crippen LogP contribution in [0.1, 0.15) is 44.5 Å². The molecule has 0 unspecified atom stereocenters. The standard InChI is InChI=1S/C27H26N4O6/c1-15-3-7-17(8-4-15)25(32)35-14-21-20(37-26(33)18-9-5-16(2)6-10-18)13-22(36-21)31-12-11-19-23(28)29-27(34)30-24(19)31/h3-12,20-22H,13-14H2,1-2H3,(H3,28,29,30,34)/t20-,21+,22+/m0/s1. The summed E-state index contributed by atoms with van der Waals surface area (Å²) < 4.78 is 19.2. The van der Waals surface area contributed by atoms with Crippen LogP contribution in [0.2, 0.25) is 0 Å². The summed E-state index contributed by atoms with van der Waals surface area (Å²) in [5, 5.41) is 0.561. The smallest absolute Gasteiger partial charge is 0.348 e. The third-order valence-corrected chi connectivity index (χ3v) is 6.33. The second-order valence-corrected chi connectivity index (χ2v) is 9.06. The van der Waals surface area contributed by atoms with Crippen molar-refractivity contribution in [3.05, 3.63) is 93.5 Å². The number of esters is 2. The maximum Gasteiger partial charge on any atom is 0.348 e. The number of hydrogen-bond donors (Lipinski definition) is 2. The molecule has 2 aromatic heterocycles. The van der Waals surface area contributed by atoms with E-state index in [0.717, 1.165) is 11.1 Å². The molecule has 10 nitrogen and oxygen atoms in total. The Labute approximate surface area is 212 Å². The van der Waals surface area contributed by atoms with E-state index < -0.39 is 36.1 Å². The third kappa shape index (κ3) is 5.10. The van der Waals surface area contributed by atoms with Crippen LogP contribution < -0.4 is 11.4 Å². The minimum absolute atomic E-state index is 0.135. The van der Waals surface area contributed by atoms with Crippen LogP contribution in [0.25, 0.3) is 11.0 Å². The number of carbonyl (C=O) groups excluding carboxylic acids is 2. The number of hydrogen-bond acceptors (Lipinski definition) is 8. The fraction of sp³-hybridized carbons (Fsp3) is 0.259. The zero-order chi connectivity index (χ0) is 26.1. The summed E-state index contributed by atoms with van der Waals surface area (Å²) >= 11 is 0. The van der Waals surface area contributed by atoms with E-state index >= 15 is 0 Å². The average Bonchev–Trinajstić information content (AvgIpc) is 3.47. The van der Waals surface area contributed by atoms with Crippen molar-refractivity contribution >= 4 is 28.8 Å². The van der Waals surface area contributed by atoms with Crippen molar-refractivity contribution in [2.75, 3.05) is 12.3 Å². The van der Waals surface area contributed by atoms with Crippen molar-refractivity contribution < 1.29 is 23.8 Å². The van der Waals surface area contributed by atoms with Crippen LogP contribution in [0.4, 0.5) is 5.82 Å². The van der Waals surface area contributed by atoms with Gasteiger partial charge in [-0.2, -0.15) is 4.98 Å². The average molecular weight is 503 g/mol. The fourth-order valence-electron chi connectivity index (χ4n) is 4.28. The molecule has 0 bridgehead atoms. The van der Waals surface area contributed by atoms with Gasteiger partial charge < -0.3 is 24.5 Å². The Bertz CT molecular complexity index is 1510. The van der Waals surface area contributed by atoms with Gasteiger partial charge in [0.15, 0.2) is 5.65 Å². The molecule has 1 aliphatic rings. The van der Waals surface area contributed by atoms with E-state index in [1.165, 1.54) is 0 Å². The first-order valence-electron chi connectivity index (χ1n) is 11.8.